The Kier molecular flexibility index (Phi) is 3.28. The second kappa shape index (κ2) is 4.94. The van der Waals surface area contributed by atoms with E-state index < -0.39 is 0 Å². The van der Waals surface area contributed by atoms with Crippen molar-refractivity contribution >= 4 is 23.3 Å². The molecule has 0 bridgehead atoms. The van der Waals surface area contributed by atoms with Crippen LogP contribution in [0.3, 0.4) is 0 Å². The lowest BCUT2D eigenvalue weighted by Crippen LogP contribution is -2.44. The molecule has 3 amide bonds. The second-order valence-electron chi connectivity index (χ2n) is 4.97. The predicted octanol–water partition coefficient (Wildman–Crippen LogP) is 1.22. The number of nitrogens with zero attached hydrogens (tertiary/aromatic N) is 2. The largest absolute Gasteiger partial charge is 0.336 e. The van der Waals surface area contributed by atoms with Crippen LogP contribution >= 0.6 is 11.3 Å². The van der Waals surface area contributed by atoms with Gasteiger partial charge in [0.05, 0.1) is 6.54 Å². The van der Waals surface area contributed by atoms with E-state index in [9.17, 15) is 9.59 Å². The van der Waals surface area contributed by atoms with Crippen LogP contribution in [0.4, 0.5) is 4.79 Å². The zero-order valence-corrected chi connectivity index (χ0v) is 11.7. The van der Waals surface area contributed by atoms with Gasteiger partial charge in [-0.2, -0.15) is 0 Å². The molecule has 6 heteroatoms. The fourth-order valence-electron chi connectivity index (χ4n) is 2.75. The molecule has 19 heavy (non-hydrogen) atoms. The standard InChI is InChI=1S/C13H17N3O2S/c1-9-10-3-7-19-11(10)2-5-15(9)8-12(17)16-6-4-14-13(16)18/h3,7,9H,2,4-6,8H2,1H3,(H,14,18)/t9-/m0/s1. The molecular weight excluding hydrogens is 262 g/mol. The number of imide groups is 1. The van der Waals surface area contributed by atoms with Crippen LogP contribution < -0.4 is 5.32 Å². The topological polar surface area (TPSA) is 52.7 Å². The Hall–Kier alpha value is -1.40. The van der Waals surface area contributed by atoms with Crippen molar-refractivity contribution in [2.24, 2.45) is 0 Å². The maximum absolute atomic E-state index is 12.1. The van der Waals surface area contributed by atoms with Gasteiger partial charge in [-0.25, -0.2) is 4.79 Å². The summed E-state index contributed by atoms with van der Waals surface area (Å²) in [5, 5.41) is 4.77. The highest BCUT2D eigenvalue weighted by atomic mass is 32.1. The van der Waals surface area contributed by atoms with Crippen molar-refractivity contribution in [1.82, 2.24) is 15.1 Å². The first kappa shape index (κ1) is 12.6. The second-order valence-corrected chi connectivity index (χ2v) is 5.97. The average Bonchev–Trinajstić information content (AvgIpc) is 3.01. The summed E-state index contributed by atoms with van der Waals surface area (Å²) >= 11 is 1.79. The van der Waals surface area contributed by atoms with Gasteiger partial charge in [0.15, 0.2) is 0 Å². The minimum absolute atomic E-state index is 0.0967. The van der Waals surface area contributed by atoms with Gasteiger partial charge in [0.1, 0.15) is 0 Å². The molecule has 1 aromatic heterocycles. The third kappa shape index (κ3) is 2.26. The van der Waals surface area contributed by atoms with Crippen molar-refractivity contribution in [3.63, 3.8) is 0 Å². The van der Waals surface area contributed by atoms with E-state index >= 15 is 0 Å². The molecule has 3 rings (SSSR count). The van der Waals surface area contributed by atoms with Gasteiger partial charge in [0.2, 0.25) is 5.91 Å². The van der Waals surface area contributed by atoms with E-state index in [2.05, 4.69) is 28.6 Å². The van der Waals surface area contributed by atoms with Crippen LogP contribution in [0.5, 0.6) is 0 Å². The van der Waals surface area contributed by atoms with E-state index in [1.807, 2.05) is 0 Å². The van der Waals surface area contributed by atoms with Gasteiger partial charge in [-0.05, 0) is 30.4 Å². The lowest BCUT2D eigenvalue weighted by Gasteiger charge is -2.33. The SMILES string of the molecule is C[C@H]1c2ccsc2CCN1CC(=O)N1CCNC1=O. The molecule has 0 saturated carbocycles. The summed E-state index contributed by atoms with van der Waals surface area (Å²) in [6.07, 6.45) is 0.997. The summed E-state index contributed by atoms with van der Waals surface area (Å²) in [5.41, 5.74) is 1.33. The first-order valence-corrected chi connectivity index (χ1v) is 7.43. The maximum Gasteiger partial charge on any atom is 0.324 e. The van der Waals surface area contributed by atoms with Crippen LogP contribution in [0.15, 0.2) is 11.4 Å². The summed E-state index contributed by atoms with van der Waals surface area (Å²) in [4.78, 5) is 28.5. The molecule has 5 nitrogen and oxygen atoms in total. The van der Waals surface area contributed by atoms with Crippen molar-refractivity contribution in [2.45, 2.75) is 19.4 Å². The number of carbonyl (C=O) groups is 2. The molecule has 1 atom stereocenters. The molecule has 0 radical (unpaired) electrons. The molecule has 1 N–H and O–H groups in total. The zero-order valence-electron chi connectivity index (χ0n) is 10.9. The van der Waals surface area contributed by atoms with Crippen LogP contribution in [0.2, 0.25) is 0 Å². The third-order valence-corrected chi connectivity index (χ3v) is 4.90. The zero-order chi connectivity index (χ0) is 13.4. The van der Waals surface area contributed by atoms with Crippen LogP contribution in [0, 0.1) is 0 Å². The molecular formula is C13H17N3O2S. The Labute approximate surface area is 116 Å². The number of fused-ring (bicyclic) bond motifs is 1. The first-order valence-electron chi connectivity index (χ1n) is 6.55. The molecule has 1 saturated heterocycles. The number of hydrogen-bond acceptors (Lipinski definition) is 4. The minimum atomic E-state index is -0.258. The number of carbonyl (C=O) groups excluding carboxylic acids is 2. The van der Waals surface area contributed by atoms with Crippen LogP contribution in [0.1, 0.15) is 23.4 Å². The summed E-state index contributed by atoms with van der Waals surface area (Å²) in [5.74, 6) is -0.0967. The van der Waals surface area contributed by atoms with E-state index in [1.54, 1.807) is 11.3 Å². The van der Waals surface area contributed by atoms with Gasteiger partial charge in [-0.3, -0.25) is 14.6 Å². The van der Waals surface area contributed by atoms with Gasteiger partial charge in [0.25, 0.3) is 0 Å². The Bertz CT molecular complexity index is 514. The number of nitrogens with one attached hydrogen (secondary N) is 1. The van der Waals surface area contributed by atoms with Crippen molar-refractivity contribution < 1.29 is 9.59 Å². The van der Waals surface area contributed by atoms with E-state index in [1.165, 1.54) is 15.3 Å². The summed E-state index contributed by atoms with van der Waals surface area (Å²) in [7, 11) is 0. The lowest BCUT2D eigenvalue weighted by molar-refractivity contribution is -0.129. The fourth-order valence-corrected chi connectivity index (χ4v) is 3.71. The molecule has 2 aliphatic heterocycles. The first-order chi connectivity index (χ1) is 9.16. The number of urea groups is 1. The highest BCUT2D eigenvalue weighted by Crippen LogP contribution is 2.32. The van der Waals surface area contributed by atoms with Crippen molar-refractivity contribution in [1.29, 1.82) is 0 Å². The third-order valence-electron chi connectivity index (χ3n) is 3.90. The van der Waals surface area contributed by atoms with Gasteiger partial charge in [-0.15, -0.1) is 11.3 Å². The molecule has 1 aromatic rings. The van der Waals surface area contributed by atoms with E-state index in [0.29, 0.717) is 19.6 Å². The Morgan fingerprint density at radius 2 is 2.37 bits per heavy atom. The van der Waals surface area contributed by atoms with Crippen LogP contribution in [-0.2, 0) is 11.2 Å². The molecule has 0 unspecified atom stereocenters. The molecule has 102 valence electrons. The van der Waals surface area contributed by atoms with Crippen molar-refractivity contribution in [2.75, 3.05) is 26.2 Å². The average molecular weight is 279 g/mol. The van der Waals surface area contributed by atoms with E-state index in [-0.39, 0.29) is 18.0 Å². The van der Waals surface area contributed by atoms with Crippen LogP contribution in [0.25, 0.3) is 0 Å². The fraction of sp³-hybridized carbons (Fsp3) is 0.538. The number of amides is 3. The molecule has 2 aliphatic rings. The summed E-state index contributed by atoms with van der Waals surface area (Å²) < 4.78 is 0. The van der Waals surface area contributed by atoms with Gasteiger partial charge in [-0.1, -0.05) is 0 Å². The molecule has 1 fully saturated rings. The normalized spacial score (nSPS) is 23.3. The number of rotatable bonds is 2. The number of thiophene rings is 1. The van der Waals surface area contributed by atoms with Crippen molar-refractivity contribution in [3.8, 4) is 0 Å². The monoisotopic (exact) mass is 279 g/mol. The number of hydrogen-bond donors (Lipinski definition) is 1. The Balaban J connectivity index is 1.68. The van der Waals surface area contributed by atoms with Gasteiger partial charge >= 0.3 is 6.03 Å². The van der Waals surface area contributed by atoms with Gasteiger partial charge < -0.3 is 5.32 Å². The van der Waals surface area contributed by atoms with Gasteiger partial charge in [0, 0.05) is 30.6 Å². The summed E-state index contributed by atoms with van der Waals surface area (Å²) in [6.45, 7) is 4.39. The Morgan fingerprint density at radius 3 is 3.11 bits per heavy atom. The molecule has 0 spiro atoms. The molecule has 3 heterocycles. The predicted molar refractivity (Wildman–Crippen MR) is 73.1 cm³/mol. The summed E-state index contributed by atoms with van der Waals surface area (Å²) in [6, 6.07) is 2.14. The lowest BCUT2D eigenvalue weighted by atomic mass is 10.0. The minimum Gasteiger partial charge on any atom is -0.336 e. The highest BCUT2D eigenvalue weighted by Gasteiger charge is 2.31. The quantitative estimate of drug-likeness (QED) is 0.885. The molecule has 0 aliphatic carbocycles. The Morgan fingerprint density at radius 1 is 1.53 bits per heavy atom. The highest BCUT2D eigenvalue weighted by molar-refractivity contribution is 7.10. The van der Waals surface area contributed by atoms with E-state index in [4.69, 9.17) is 0 Å². The smallest absolute Gasteiger partial charge is 0.324 e. The van der Waals surface area contributed by atoms with Crippen LogP contribution in [-0.4, -0.2) is 47.9 Å². The molecule has 0 aromatic carbocycles. The van der Waals surface area contributed by atoms with Crippen molar-refractivity contribution in [3.05, 3.63) is 21.9 Å². The maximum atomic E-state index is 12.1. The van der Waals surface area contributed by atoms with E-state index in [0.717, 1.165) is 13.0 Å².